The summed E-state index contributed by atoms with van der Waals surface area (Å²) in [7, 11) is 0. The molecule has 0 amide bonds. The third-order valence-corrected chi connectivity index (χ3v) is 3.82. The van der Waals surface area contributed by atoms with Gasteiger partial charge in [0, 0.05) is 30.9 Å². The molecule has 4 nitrogen and oxygen atoms in total. The average Bonchev–Trinajstić information content (AvgIpc) is 2.47. The Hall–Kier alpha value is -0.820. The van der Waals surface area contributed by atoms with E-state index in [-0.39, 0.29) is 24.0 Å². The molecule has 0 aliphatic carbocycles. The summed E-state index contributed by atoms with van der Waals surface area (Å²) in [6.07, 6.45) is 2.07. The van der Waals surface area contributed by atoms with E-state index in [0.717, 1.165) is 31.6 Å². The van der Waals surface area contributed by atoms with Gasteiger partial charge in [-0.05, 0) is 58.2 Å². The third kappa shape index (κ3) is 8.55. The molecule has 0 saturated carbocycles. The number of nitrogens with two attached hydrogens (primary N) is 1. The Balaban J connectivity index is 0.00000484. The Kier molecular flexibility index (Phi) is 11.3. The SMILES string of the molecule is CCc1ccc(NC(N)=NCCCN(C(C)C)C(C)C)cc1.I. The molecule has 3 N–H and O–H groups in total. The van der Waals surface area contributed by atoms with E-state index in [1.807, 2.05) is 12.1 Å². The van der Waals surface area contributed by atoms with E-state index in [0.29, 0.717) is 18.0 Å². The van der Waals surface area contributed by atoms with Gasteiger partial charge < -0.3 is 11.1 Å². The van der Waals surface area contributed by atoms with Gasteiger partial charge in [0.05, 0.1) is 0 Å². The molecule has 0 aromatic heterocycles. The number of hydrogen-bond acceptors (Lipinski definition) is 2. The van der Waals surface area contributed by atoms with Crippen molar-refractivity contribution in [1.82, 2.24) is 4.90 Å². The smallest absolute Gasteiger partial charge is 0.193 e. The van der Waals surface area contributed by atoms with Gasteiger partial charge in [0.15, 0.2) is 5.96 Å². The Morgan fingerprint density at radius 3 is 2.17 bits per heavy atom. The van der Waals surface area contributed by atoms with Crippen LogP contribution in [-0.2, 0) is 6.42 Å². The molecule has 0 fully saturated rings. The van der Waals surface area contributed by atoms with Crippen LogP contribution in [0.3, 0.4) is 0 Å². The number of rotatable bonds is 8. The lowest BCUT2D eigenvalue weighted by Gasteiger charge is -2.30. The van der Waals surface area contributed by atoms with Crippen molar-refractivity contribution in [2.24, 2.45) is 10.7 Å². The molecule has 0 aliphatic rings. The number of aliphatic imine (C=N–C) groups is 1. The molecule has 0 aliphatic heterocycles. The van der Waals surface area contributed by atoms with E-state index >= 15 is 0 Å². The minimum atomic E-state index is 0. The van der Waals surface area contributed by atoms with Gasteiger partial charge in [-0.2, -0.15) is 0 Å². The fourth-order valence-electron chi connectivity index (χ4n) is 2.58. The van der Waals surface area contributed by atoms with Crippen LogP contribution in [-0.4, -0.2) is 36.0 Å². The van der Waals surface area contributed by atoms with Gasteiger partial charge in [-0.3, -0.25) is 9.89 Å². The van der Waals surface area contributed by atoms with Gasteiger partial charge in [-0.15, -0.1) is 24.0 Å². The molecule has 0 bridgehead atoms. The van der Waals surface area contributed by atoms with Crippen molar-refractivity contribution in [2.75, 3.05) is 18.4 Å². The molecule has 0 atom stereocenters. The molecule has 5 heteroatoms. The van der Waals surface area contributed by atoms with E-state index in [1.165, 1.54) is 5.56 Å². The normalized spacial score (nSPS) is 11.9. The Labute approximate surface area is 158 Å². The number of aryl methyl sites for hydroxylation is 1. The summed E-state index contributed by atoms with van der Waals surface area (Å²) in [5.41, 5.74) is 8.25. The number of nitrogens with one attached hydrogen (secondary N) is 1. The lowest BCUT2D eigenvalue weighted by molar-refractivity contribution is 0.174. The first kappa shape index (κ1) is 22.2. The van der Waals surface area contributed by atoms with Crippen LogP contribution in [0.15, 0.2) is 29.3 Å². The molecule has 0 radical (unpaired) electrons. The van der Waals surface area contributed by atoms with E-state index < -0.39 is 0 Å². The predicted octanol–water partition coefficient (Wildman–Crippen LogP) is 4.10. The number of nitrogens with zero attached hydrogens (tertiary/aromatic N) is 2. The van der Waals surface area contributed by atoms with Gasteiger partial charge in [0.25, 0.3) is 0 Å². The highest BCUT2D eigenvalue weighted by Crippen LogP contribution is 2.09. The van der Waals surface area contributed by atoms with Gasteiger partial charge >= 0.3 is 0 Å². The highest BCUT2D eigenvalue weighted by Gasteiger charge is 2.11. The highest BCUT2D eigenvalue weighted by molar-refractivity contribution is 14.0. The van der Waals surface area contributed by atoms with Crippen LogP contribution in [0.2, 0.25) is 0 Å². The molecular weight excluding hydrogens is 399 g/mol. The second kappa shape index (κ2) is 11.7. The topological polar surface area (TPSA) is 53.6 Å². The van der Waals surface area contributed by atoms with Gasteiger partial charge in [-0.1, -0.05) is 19.1 Å². The molecule has 1 aromatic rings. The molecule has 1 aromatic carbocycles. The summed E-state index contributed by atoms with van der Waals surface area (Å²) in [5.74, 6) is 0.491. The van der Waals surface area contributed by atoms with Crippen LogP contribution in [0.4, 0.5) is 5.69 Å². The molecule has 0 spiro atoms. The zero-order valence-electron chi connectivity index (χ0n) is 15.2. The van der Waals surface area contributed by atoms with Crippen molar-refractivity contribution in [1.29, 1.82) is 0 Å². The minimum Gasteiger partial charge on any atom is -0.370 e. The van der Waals surface area contributed by atoms with Gasteiger partial charge in [-0.25, -0.2) is 0 Å². The zero-order valence-corrected chi connectivity index (χ0v) is 17.5. The van der Waals surface area contributed by atoms with E-state index in [1.54, 1.807) is 0 Å². The van der Waals surface area contributed by atoms with Crippen molar-refractivity contribution < 1.29 is 0 Å². The number of halogens is 1. The maximum Gasteiger partial charge on any atom is 0.193 e. The standard InChI is InChI=1S/C18H32N4.HI/c1-6-16-8-10-17(11-9-16)21-18(19)20-12-7-13-22(14(2)3)15(4)5;/h8-11,14-15H,6-7,12-13H2,1-5H3,(H3,19,20,21);1H. The first-order valence-corrected chi connectivity index (χ1v) is 8.35. The Morgan fingerprint density at radius 1 is 1.13 bits per heavy atom. The van der Waals surface area contributed by atoms with Crippen LogP contribution >= 0.6 is 24.0 Å². The number of anilines is 1. The average molecular weight is 432 g/mol. The molecule has 1 rings (SSSR count). The monoisotopic (exact) mass is 432 g/mol. The van der Waals surface area contributed by atoms with Crippen molar-refractivity contribution in [3.63, 3.8) is 0 Å². The summed E-state index contributed by atoms with van der Waals surface area (Å²) in [5, 5.41) is 3.14. The second-order valence-electron chi connectivity index (χ2n) is 6.22. The van der Waals surface area contributed by atoms with Crippen LogP contribution in [0.1, 0.15) is 46.6 Å². The van der Waals surface area contributed by atoms with Crippen molar-refractivity contribution >= 4 is 35.6 Å². The second-order valence-corrected chi connectivity index (χ2v) is 6.22. The number of guanidine groups is 1. The van der Waals surface area contributed by atoms with Crippen LogP contribution in [0, 0.1) is 0 Å². The Morgan fingerprint density at radius 2 is 1.70 bits per heavy atom. The summed E-state index contributed by atoms with van der Waals surface area (Å²) >= 11 is 0. The van der Waals surface area contributed by atoms with Crippen LogP contribution in [0.25, 0.3) is 0 Å². The fraction of sp³-hybridized carbons (Fsp3) is 0.611. The molecule has 0 unspecified atom stereocenters. The van der Waals surface area contributed by atoms with E-state index in [2.05, 4.69) is 62.0 Å². The lowest BCUT2D eigenvalue weighted by Crippen LogP contribution is -2.38. The van der Waals surface area contributed by atoms with Crippen molar-refractivity contribution in [3.8, 4) is 0 Å². The Bertz CT molecular complexity index is 447. The lowest BCUT2D eigenvalue weighted by atomic mass is 10.1. The fourth-order valence-corrected chi connectivity index (χ4v) is 2.58. The van der Waals surface area contributed by atoms with E-state index in [9.17, 15) is 0 Å². The first-order valence-electron chi connectivity index (χ1n) is 8.35. The van der Waals surface area contributed by atoms with E-state index in [4.69, 9.17) is 5.73 Å². The highest BCUT2D eigenvalue weighted by atomic mass is 127. The maximum atomic E-state index is 5.94. The van der Waals surface area contributed by atoms with Crippen molar-refractivity contribution in [2.45, 2.75) is 59.5 Å². The van der Waals surface area contributed by atoms with Crippen LogP contribution in [0.5, 0.6) is 0 Å². The summed E-state index contributed by atoms with van der Waals surface area (Å²) in [6.45, 7) is 12.9. The molecule has 0 heterocycles. The largest absolute Gasteiger partial charge is 0.370 e. The molecule has 0 saturated heterocycles. The van der Waals surface area contributed by atoms with Crippen molar-refractivity contribution in [3.05, 3.63) is 29.8 Å². The molecule has 132 valence electrons. The van der Waals surface area contributed by atoms with Crippen LogP contribution < -0.4 is 11.1 Å². The summed E-state index contributed by atoms with van der Waals surface area (Å²) < 4.78 is 0. The quantitative estimate of drug-likeness (QED) is 0.282. The zero-order chi connectivity index (χ0) is 16.5. The van der Waals surface area contributed by atoms with Gasteiger partial charge in [0.1, 0.15) is 0 Å². The third-order valence-electron chi connectivity index (χ3n) is 3.82. The summed E-state index contributed by atoms with van der Waals surface area (Å²) in [6, 6.07) is 9.44. The molecule has 23 heavy (non-hydrogen) atoms. The number of benzene rings is 1. The molecular formula is C18H33IN4. The van der Waals surface area contributed by atoms with Gasteiger partial charge in [0.2, 0.25) is 0 Å². The predicted molar refractivity (Wildman–Crippen MR) is 113 cm³/mol. The number of hydrogen-bond donors (Lipinski definition) is 2. The summed E-state index contributed by atoms with van der Waals surface area (Å²) in [4.78, 5) is 6.88. The maximum absolute atomic E-state index is 5.94. The first-order chi connectivity index (χ1) is 10.4. The minimum absolute atomic E-state index is 0.